The Kier molecular flexibility index (Phi) is 19.1. The molecule has 3 heteroatoms. The van der Waals surface area contributed by atoms with E-state index in [1.165, 1.54) is 109 Å². The molecule has 168 valence electrons. The van der Waals surface area contributed by atoms with E-state index in [1.54, 1.807) is 0 Å². The first-order chi connectivity index (χ1) is 13.7. The molecule has 0 rings (SSSR count). The molecule has 0 saturated carbocycles. The smallest absolute Gasteiger partial charge is 0.278 e. The van der Waals surface area contributed by atoms with Crippen LogP contribution in [0.4, 0.5) is 0 Å². The highest BCUT2D eigenvalue weighted by Crippen LogP contribution is 2.14. The lowest BCUT2D eigenvalue weighted by molar-refractivity contribution is -0.542. The van der Waals surface area contributed by atoms with E-state index in [1.807, 2.05) is 0 Å². The van der Waals surface area contributed by atoms with Crippen molar-refractivity contribution < 1.29 is 4.58 Å². The zero-order chi connectivity index (χ0) is 21.0. The second-order valence-electron chi connectivity index (χ2n) is 8.51. The number of guanidine groups is 1. The summed E-state index contributed by atoms with van der Waals surface area (Å²) in [7, 11) is 0. The molecule has 0 aliphatic rings. The maximum Gasteiger partial charge on any atom is 0.348 e. The van der Waals surface area contributed by atoms with Crippen LogP contribution >= 0.6 is 0 Å². The van der Waals surface area contributed by atoms with Gasteiger partial charge in [0, 0.05) is 0 Å². The Labute approximate surface area is 178 Å². The first-order valence-electron chi connectivity index (χ1n) is 12.8. The van der Waals surface area contributed by atoms with Gasteiger partial charge in [0.1, 0.15) is 0 Å². The molecule has 0 fully saturated rings. The van der Waals surface area contributed by atoms with Gasteiger partial charge in [0.2, 0.25) is 0 Å². The Morgan fingerprint density at radius 3 is 1.82 bits per heavy atom. The number of rotatable bonds is 18. The Morgan fingerprint density at radius 1 is 0.750 bits per heavy atom. The van der Waals surface area contributed by atoms with Gasteiger partial charge in [-0.2, -0.15) is 0 Å². The summed E-state index contributed by atoms with van der Waals surface area (Å²) in [6.45, 7) is 19.9. The lowest BCUT2D eigenvalue weighted by atomic mass is 9.99. The molecule has 28 heavy (non-hydrogen) atoms. The van der Waals surface area contributed by atoms with Crippen LogP contribution in [-0.2, 0) is 0 Å². The fraction of sp³-hybridized carbons (Fsp3) is 0.960. The normalized spacial score (nSPS) is 13.4. The van der Waals surface area contributed by atoms with Crippen LogP contribution in [0, 0.1) is 5.92 Å². The number of nitrogens with zero attached hydrogens (tertiary/aromatic N) is 2. The van der Waals surface area contributed by atoms with Crippen LogP contribution in [0.1, 0.15) is 119 Å². The van der Waals surface area contributed by atoms with Gasteiger partial charge < -0.3 is 0 Å². The van der Waals surface area contributed by atoms with Crippen molar-refractivity contribution in [3.8, 4) is 0 Å². The van der Waals surface area contributed by atoms with Gasteiger partial charge in [-0.25, -0.2) is 0 Å². The second-order valence-corrected chi connectivity index (χ2v) is 8.51. The third-order valence-electron chi connectivity index (χ3n) is 5.78. The molecule has 1 unspecified atom stereocenters. The molecule has 0 aliphatic heterocycles. The van der Waals surface area contributed by atoms with Crippen LogP contribution in [0.3, 0.4) is 0 Å². The fourth-order valence-corrected chi connectivity index (χ4v) is 3.68. The van der Waals surface area contributed by atoms with Crippen molar-refractivity contribution in [2.75, 3.05) is 32.7 Å². The topological polar surface area (TPSA) is 18.3 Å². The average molecular weight is 397 g/mol. The highest BCUT2D eigenvalue weighted by atomic mass is 15.3. The molecule has 3 nitrogen and oxygen atoms in total. The Morgan fingerprint density at radius 2 is 1.32 bits per heavy atom. The average Bonchev–Trinajstić information content (AvgIpc) is 2.72. The van der Waals surface area contributed by atoms with Crippen LogP contribution in [0.15, 0.2) is 0 Å². The van der Waals surface area contributed by atoms with Gasteiger partial charge in [-0.3, -0.25) is 14.8 Å². The summed E-state index contributed by atoms with van der Waals surface area (Å²) in [5, 5.41) is 3.90. The van der Waals surface area contributed by atoms with Gasteiger partial charge in [-0.05, 0) is 38.0 Å². The molecule has 1 atom stereocenters. The van der Waals surface area contributed by atoms with E-state index in [0.717, 1.165) is 12.5 Å². The summed E-state index contributed by atoms with van der Waals surface area (Å²) in [6.07, 6.45) is 15.6. The van der Waals surface area contributed by atoms with Gasteiger partial charge in [0.25, 0.3) is 0 Å². The summed E-state index contributed by atoms with van der Waals surface area (Å²) in [5.74, 6) is 2.26. The molecule has 0 bridgehead atoms. The van der Waals surface area contributed by atoms with Crippen molar-refractivity contribution in [1.82, 2.24) is 10.2 Å². The summed E-state index contributed by atoms with van der Waals surface area (Å²) in [5.41, 5.74) is 0. The minimum absolute atomic E-state index is 0.819. The molecule has 0 heterocycles. The van der Waals surface area contributed by atoms with Gasteiger partial charge in [0.15, 0.2) is 0 Å². The lowest BCUT2D eigenvalue weighted by Crippen LogP contribution is -2.49. The highest BCUT2D eigenvalue weighted by molar-refractivity contribution is 5.75. The molecule has 0 spiro atoms. The Balaban J connectivity index is 5.66. The third kappa shape index (κ3) is 12.7. The monoisotopic (exact) mass is 396 g/mol. The van der Waals surface area contributed by atoms with Crippen molar-refractivity contribution in [2.24, 2.45) is 5.92 Å². The molecule has 0 aliphatic carbocycles. The quantitative estimate of drug-likeness (QED) is 0.121. The Bertz CT molecular complexity index is 357. The highest BCUT2D eigenvalue weighted by Gasteiger charge is 2.23. The van der Waals surface area contributed by atoms with Gasteiger partial charge in [-0.15, -0.1) is 0 Å². The van der Waals surface area contributed by atoms with Crippen molar-refractivity contribution in [3.05, 3.63) is 0 Å². The van der Waals surface area contributed by atoms with Gasteiger partial charge in [0.05, 0.1) is 32.7 Å². The van der Waals surface area contributed by atoms with E-state index in [4.69, 9.17) is 0 Å². The predicted octanol–water partition coefficient (Wildman–Crippen LogP) is 6.66. The van der Waals surface area contributed by atoms with Crippen LogP contribution < -0.4 is 5.32 Å². The molecule has 0 aromatic heterocycles. The van der Waals surface area contributed by atoms with Crippen LogP contribution in [-0.4, -0.2) is 48.2 Å². The fourth-order valence-electron chi connectivity index (χ4n) is 3.68. The van der Waals surface area contributed by atoms with E-state index in [9.17, 15) is 0 Å². The lowest BCUT2D eigenvalue weighted by Gasteiger charge is -2.26. The number of unbranched alkanes of at least 4 members (excludes halogenated alkanes) is 5. The van der Waals surface area contributed by atoms with Gasteiger partial charge >= 0.3 is 5.96 Å². The van der Waals surface area contributed by atoms with E-state index >= 15 is 0 Å². The van der Waals surface area contributed by atoms with Crippen molar-refractivity contribution >= 4 is 5.96 Å². The summed E-state index contributed by atoms with van der Waals surface area (Å²) in [4.78, 5) is 2.69. The standard InChI is InChI=1S/C25H53N3/c1-7-13-18-24(12-6)23-28(22-17-11-5)25(26-19-14-8-2)27(20-15-9-3)21-16-10-4/h24H,7-23H2,1-6H3/p+1. The summed E-state index contributed by atoms with van der Waals surface area (Å²) < 4.78 is 2.73. The number of hydrogen-bond donors (Lipinski definition) is 1. The van der Waals surface area contributed by atoms with E-state index in [0.29, 0.717) is 0 Å². The van der Waals surface area contributed by atoms with E-state index < -0.39 is 0 Å². The summed E-state index contributed by atoms with van der Waals surface area (Å²) in [6, 6.07) is 0. The Hall–Kier alpha value is -0.730. The van der Waals surface area contributed by atoms with Gasteiger partial charge in [-0.1, -0.05) is 86.5 Å². The largest absolute Gasteiger partial charge is 0.348 e. The maximum atomic E-state index is 3.90. The van der Waals surface area contributed by atoms with E-state index in [-0.39, 0.29) is 0 Å². The number of hydrogen-bond acceptors (Lipinski definition) is 0. The predicted molar refractivity (Wildman–Crippen MR) is 128 cm³/mol. The molecule has 1 N–H and O–H groups in total. The first-order valence-corrected chi connectivity index (χ1v) is 12.8. The second kappa shape index (κ2) is 19.6. The van der Waals surface area contributed by atoms with Crippen LogP contribution in [0.5, 0.6) is 0 Å². The van der Waals surface area contributed by atoms with Crippen molar-refractivity contribution in [3.63, 3.8) is 0 Å². The molecule has 0 aromatic carbocycles. The third-order valence-corrected chi connectivity index (χ3v) is 5.78. The van der Waals surface area contributed by atoms with Crippen molar-refractivity contribution in [1.29, 1.82) is 0 Å². The minimum atomic E-state index is 0.819. The minimum Gasteiger partial charge on any atom is -0.278 e. The van der Waals surface area contributed by atoms with Crippen LogP contribution in [0.25, 0.3) is 0 Å². The van der Waals surface area contributed by atoms with E-state index in [2.05, 4.69) is 56.3 Å². The molecular weight excluding hydrogens is 342 g/mol. The molecular formula is C25H54N3+. The molecule has 0 saturated heterocycles. The summed E-state index contributed by atoms with van der Waals surface area (Å²) >= 11 is 0. The zero-order valence-corrected chi connectivity index (χ0v) is 20.5. The molecule has 0 amide bonds. The molecule has 0 radical (unpaired) electrons. The van der Waals surface area contributed by atoms with Crippen molar-refractivity contribution in [2.45, 2.75) is 119 Å². The SMILES string of the molecule is CCCCNC(N(CCCC)CCCC)=[N+](CCCC)CC(CC)CCCC. The van der Waals surface area contributed by atoms with Crippen LogP contribution in [0.2, 0.25) is 0 Å². The maximum absolute atomic E-state index is 3.90. The zero-order valence-electron chi connectivity index (χ0n) is 20.5. The first kappa shape index (κ1) is 27.3. The number of nitrogens with one attached hydrogen (secondary N) is 1. The molecule has 0 aromatic rings.